The number of hydrazine groups is 1. The molecule has 2 nitrogen and oxygen atoms in total. The van der Waals surface area contributed by atoms with Crippen molar-refractivity contribution >= 4 is 27.5 Å². The van der Waals surface area contributed by atoms with E-state index in [2.05, 4.69) is 52.5 Å². The van der Waals surface area contributed by atoms with Crippen LogP contribution in [0.4, 0.5) is 0 Å². The summed E-state index contributed by atoms with van der Waals surface area (Å²) in [6.07, 6.45) is 2.26. The molecule has 0 saturated heterocycles. The third-order valence-electron chi connectivity index (χ3n) is 3.30. The fourth-order valence-corrected chi connectivity index (χ4v) is 2.76. The Morgan fingerprint density at radius 3 is 2.35 bits per heavy atom. The molecule has 0 saturated carbocycles. The lowest BCUT2D eigenvalue weighted by molar-refractivity contribution is 0.636. The van der Waals surface area contributed by atoms with E-state index >= 15 is 0 Å². The highest BCUT2D eigenvalue weighted by Gasteiger charge is 2.13. The molecule has 0 fully saturated rings. The van der Waals surface area contributed by atoms with Crippen molar-refractivity contribution in [1.82, 2.24) is 5.43 Å². The van der Waals surface area contributed by atoms with Gasteiger partial charge in [-0.15, -0.1) is 0 Å². The molecule has 0 amide bonds. The molecule has 3 N–H and O–H groups in total. The third kappa shape index (κ3) is 3.61. The van der Waals surface area contributed by atoms with Gasteiger partial charge in [0, 0.05) is 4.47 Å². The number of hydrogen-bond donors (Lipinski definition) is 2. The van der Waals surface area contributed by atoms with Crippen molar-refractivity contribution in [2.75, 3.05) is 0 Å². The van der Waals surface area contributed by atoms with Gasteiger partial charge in [0.1, 0.15) is 0 Å². The van der Waals surface area contributed by atoms with Gasteiger partial charge in [-0.2, -0.15) is 0 Å². The molecular weight excluding hydrogens is 336 g/mol. The predicted octanol–water partition coefficient (Wildman–Crippen LogP) is 4.61. The minimum Gasteiger partial charge on any atom is -0.271 e. The molecule has 0 heterocycles. The topological polar surface area (TPSA) is 38.0 Å². The van der Waals surface area contributed by atoms with Gasteiger partial charge in [-0.05, 0) is 51.2 Å². The quantitative estimate of drug-likeness (QED) is 0.608. The summed E-state index contributed by atoms with van der Waals surface area (Å²) in [5.74, 6) is 5.72. The van der Waals surface area contributed by atoms with E-state index in [0.717, 1.165) is 28.4 Å². The molecule has 0 aromatic heterocycles. The summed E-state index contributed by atoms with van der Waals surface area (Å²) in [6, 6.07) is 14.4. The minimum absolute atomic E-state index is 0.0424. The second-order valence-electron chi connectivity index (χ2n) is 4.76. The van der Waals surface area contributed by atoms with Crippen molar-refractivity contribution < 1.29 is 0 Å². The molecule has 1 atom stereocenters. The Morgan fingerprint density at radius 2 is 1.80 bits per heavy atom. The van der Waals surface area contributed by atoms with Crippen molar-refractivity contribution in [1.29, 1.82) is 0 Å². The molecule has 20 heavy (non-hydrogen) atoms. The van der Waals surface area contributed by atoms with Crippen LogP contribution in [-0.4, -0.2) is 0 Å². The molecule has 0 radical (unpaired) electrons. The Bertz CT molecular complexity index is 569. The highest BCUT2D eigenvalue weighted by Crippen LogP contribution is 2.29. The molecule has 106 valence electrons. The van der Waals surface area contributed by atoms with Gasteiger partial charge in [0.05, 0.1) is 11.1 Å². The van der Waals surface area contributed by atoms with Crippen molar-refractivity contribution in [3.05, 3.63) is 68.7 Å². The monoisotopic (exact) mass is 352 g/mol. The van der Waals surface area contributed by atoms with Gasteiger partial charge in [-0.3, -0.25) is 5.84 Å². The predicted molar refractivity (Wildman–Crippen MR) is 88.8 cm³/mol. The number of hydrogen-bond acceptors (Lipinski definition) is 2. The summed E-state index contributed by atoms with van der Waals surface area (Å²) in [5.41, 5.74) is 6.44. The van der Waals surface area contributed by atoms with Crippen molar-refractivity contribution in [2.45, 2.75) is 25.8 Å². The lowest BCUT2D eigenvalue weighted by atomic mass is 9.97. The first-order valence-electron chi connectivity index (χ1n) is 6.65. The van der Waals surface area contributed by atoms with E-state index in [1.165, 1.54) is 5.56 Å². The molecule has 4 heteroatoms. The largest absolute Gasteiger partial charge is 0.271 e. The molecule has 2 rings (SSSR count). The van der Waals surface area contributed by atoms with Crippen LogP contribution in [0.15, 0.2) is 46.9 Å². The smallest absolute Gasteiger partial charge is 0.0710 e. The lowest BCUT2D eigenvalue weighted by Crippen LogP contribution is -2.28. The standard InChI is InChI=1S/C16H18BrClN2/c1-2-3-11-4-6-12(7-5-11)16(20-19)13-8-9-15(18)14(17)10-13/h4-10,16,20H,2-3,19H2,1H3. The number of rotatable bonds is 5. The molecular formula is C16H18BrClN2. The zero-order valence-corrected chi connectivity index (χ0v) is 13.7. The van der Waals surface area contributed by atoms with Gasteiger partial charge in [0.25, 0.3) is 0 Å². The summed E-state index contributed by atoms with van der Waals surface area (Å²) in [5, 5.41) is 0.697. The van der Waals surface area contributed by atoms with Crippen LogP contribution in [0.3, 0.4) is 0 Å². The highest BCUT2D eigenvalue weighted by atomic mass is 79.9. The molecule has 0 aliphatic heterocycles. The zero-order valence-electron chi connectivity index (χ0n) is 11.4. The normalized spacial score (nSPS) is 12.4. The maximum Gasteiger partial charge on any atom is 0.0710 e. The average molecular weight is 354 g/mol. The number of nitrogens with one attached hydrogen (secondary N) is 1. The van der Waals surface area contributed by atoms with Gasteiger partial charge < -0.3 is 0 Å². The van der Waals surface area contributed by atoms with Crippen molar-refractivity contribution in [3.8, 4) is 0 Å². The van der Waals surface area contributed by atoms with Gasteiger partial charge in [0.2, 0.25) is 0 Å². The van der Waals surface area contributed by atoms with Gasteiger partial charge in [-0.1, -0.05) is 55.3 Å². The Hall–Kier alpha value is -0.870. The SMILES string of the molecule is CCCc1ccc(C(NN)c2ccc(Cl)c(Br)c2)cc1. The number of halogens is 2. The van der Waals surface area contributed by atoms with Gasteiger partial charge >= 0.3 is 0 Å². The third-order valence-corrected chi connectivity index (χ3v) is 4.51. The van der Waals surface area contributed by atoms with E-state index in [1.54, 1.807) is 0 Å². The second-order valence-corrected chi connectivity index (χ2v) is 6.03. The summed E-state index contributed by atoms with van der Waals surface area (Å²) >= 11 is 9.48. The summed E-state index contributed by atoms with van der Waals surface area (Å²) in [4.78, 5) is 0. The first-order chi connectivity index (χ1) is 9.65. The summed E-state index contributed by atoms with van der Waals surface area (Å²) < 4.78 is 0.875. The van der Waals surface area contributed by atoms with Crippen molar-refractivity contribution in [3.63, 3.8) is 0 Å². The fraction of sp³-hybridized carbons (Fsp3) is 0.250. The lowest BCUT2D eigenvalue weighted by Gasteiger charge is -2.18. The van der Waals surface area contributed by atoms with Crippen molar-refractivity contribution in [2.24, 2.45) is 5.84 Å². The van der Waals surface area contributed by atoms with Crippen LogP contribution in [0.1, 0.15) is 36.1 Å². The average Bonchev–Trinajstić information content (AvgIpc) is 2.46. The Balaban J connectivity index is 2.29. The summed E-state index contributed by atoms with van der Waals surface area (Å²) in [6.45, 7) is 2.18. The van der Waals surface area contributed by atoms with E-state index in [9.17, 15) is 0 Å². The fourth-order valence-electron chi connectivity index (χ4n) is 2.24. The van der Waals surface area contributed by atoms with Gasteiger partial charge in [0.15, 0.2) is 0 Å². The Kier molecular flexibility index (Phi) is 5.61. The van der Waals surface area contributed by atoms with Crippen LogP contribution in [0, 0.1) is 0 Å². The van der Waals surface area contributed by atoms with Crippen LogP contribution in [0.2, 0.25) is 5.02 Å². The second kappa shape index (κ2) is 7.23. The molecule has 1 unspecified atom stereocenters. The highest BCUT2D eigenvalue weighted by molar-refractivity contribution is 9.10. The molecule has 0 spiro atoms. The maximum absolute atomic E-state index is 6.03. The Labute approximate surface area is 133 Å². The van der Waals surface area contributed by atoms with E-state index in [0.29, 0.717) is 5.02 Å². The first-order valence-corrected chi connectivity index (χ1v) is 7.82. The van der Waals surface area contributed by atoms with Crippen LogP contribution in [0.25, 0.3) is 0 Å². The summed E-state index contributed by atoms with van der Waals surface area (Å²) in [7, 11) is 0. The number of nitrogens with two attached hydrogens (primary N) is 1. The van der Waals surface area contributed by atoms with Crippen LogP contribution < -0.4 is 11.3 Å². The first kappa shape index (κ1) is 15.5. The van der Waals surface area contributed by atoms with Crippen LogP contribution in [-0.2, 0) is 6.42 Å². The Morgan fingerprint density at radius 1 is 1.15 bits per heavy atom. The molecule has 0 aliphatic rings. The van der Waals surface area contributed by atoms with Crippen LogP contribution >= 0.6 is 27.5 Å². The van der Waals surface area contributed by atoms with E-state index < -0.39 is 0 Å². The van der Waals surface area contributed by atoms with E-state index in [1.807, 2.05) is 18.2 Å². The maximum atomic E-state index is 6.03. The van der Waals surface area contributed by atoms with Gasteiger partial charge in [-0.25, -0.2) is 5.43 Å². The van der Waals surface area contributed by atoms with E-state index in [-0.39, 0.29) is 6.04 Å². The zero-order chi connectivity index (χ0) is 14.5. The van der Waals surface area contributed by atoms with Crippen LogP contribution in [0.5, 0.6) is 0 Å². The molecule has 2 aromatic carbocycles. The number of benzene rings is 2. The molecule has 2 aromatic rings. The molecule has 0 aliphatic carbocycles. The minimum atomic E-state index is -0.0424. The number of aryl methyl sites for hydroxylation is 1. The van der Waals surface area contributed by atoms with E-state index in [4.69, 9.17) is 17.4 Å². The molecule has 0 bridgehead atoms.